The minimum atomic E-state index is -0.483. The van der Waals surface area contributed by atoms with Crippen LogP contribution >= 0.6 is 15.9 Å². The minimum absolute atomic E-state index is 0.280. The Labute approximate surface area is 128 Å². The van der Waals surface area contributed by atoms with Crippen LogP contribution in [0.25, 0.3) is 0 Å². The number of rotatable bonds is 4. The Morgan fingerprint density at radius 3 is 2.55 bits per heavy atom. The summed E-state index contributed by atoms with van der Waals surface area (Å²) < 4.78 is 12.0. The lowest BCUT2D eigenvalue weighted by Gasteiger charge is -2.23. The van der Waals surface area contributed by atoms with Crippen molar-refractivity contribution < 1.29 is 14.3 Å². The molecule has 1 N–H and O–H groups in total. The second kappa shape index (κ2) is 5.64. The zero-order valence-electron chi connectivity index (χ0n) is 12.0. The van der Waals surface area contributed by atoms with Crippen molar-refractivity contribution in [2.45, 2.75) is 44.8 Å². The third kappa shape index (κ3) is 4.40. The van der Waals surface area contributed by atoms with Crippen LogP contribution in [0.1, 0.15) is 33.6 Å². The molecule has 0 bridgehead atoms. The van der Waals surface area contributed by atoms with Crippen LogP contribution < -0.4 is 10.1 Å². The first kappa shape index (κ1) is 15.2. The zero-order valence-corrected chi connectivity index (χ0v) is 13.6. The first-order valence-electron chi connectivity index (χ1n) is 6.68. The fraction of sp³-hybridized carbons (Fsp3) is 0.533. The third-order valence-electron chi connectivity index (χ3n) is 2.96. The summed E-state index contributed by atoms with van der Waals surface area (Å²) in [6, 6.07) is 7.67. The Bertz CT molecular complexity index is 492. The summed E-state index contributed by atoms with van der Waals surface area (Å²) in [5, 5.41) is 2.91. The van der Waals surface area contributed by atoms with Crippen LogP contribution in [-0.4, -0.2) is 23.8 Å². The molecule has 1 aromatic rings. The molecule has 0 aliphatic heterocycles. The Balaban J connectivity index is 1.87. The normalized spacial score (nSPS) is 16.4. The van der Waals surface area contributed by atoms with E-state index in [1.807, 2.05) is 45.0 Å². The molecule has 2 rings (SSSR count). The first-order valence-corrected chi connectivity index (χ1v) is 7.48. The number of nitrogens with one attached hydrogen (secondary N) is 1. The van der Waals surface area contributed by atoms with Gasteiger partial charge in [0, 0.05) is 0 Å². The van der Waals surface area contributed by atoms with E-state index in [0.29, 0.717) is 6.61 Å². The molecule has 0 spiro atoms. The number of ether oxygens (including phenoxy) is 2. The fourth-order valence-electron chi connectivity index (χ4n) is 1.75. The van der Waals surface area contributed by atoms with Gasteiger partial charge in [0.1, 0.15) is 18.0 Å². The zero-order chi connectivity index (χ0) is 14.8. The molecule has 20 heavy (non-hydrogen) atoms. The highest BCUT2D eigenvalue weighted by Gasteiger charge is 2.46. The van der Waals surface area contributed by atoms with Crippen LogP contribution in [0.2, 0.25) is 0 Å². The highest BCUT2D eigenvalue weighted by atomic mass is 79.9. The summed E-state index contributed by atoms with van der Waals surface area (Å²) in [4.78, 5) is 11.8. The Morgan fingerprint density at radius 2 is 2.00 bits per heavy atom. The van der Waals surface area contributed by atoms with E-state index in [1.54, 1.807) is 0 Å². The summed E-state index contributed by atoms with van der Waals surface area (Å²) in [6.45, 7) is 6.01. The van der Waals surface area contributed by atoms with Crippen molar-refractivity contribution >= 4 is 22.0 Å². The summed E-state index contributed by atoms with van der Waals surface area (Å²) in [5.74, 6) is 0.782. The molecule has 1 aromatic carbocycles. The molecule has 0 radical (unpaired) electrons. The maximum atomic E-state index is 11.8. The maximum absolute atomic E-state index is 11.8. The van der Waals surface area contributed by atoms with E-state index in [0.717, 1.165) is 23.1 Å². The van der Waals surface area contributed by atoms with Gasteiger partial charge < -0.3 is 14.8 Å². The standard InChI is InChI=1S/C15H20BrNO3/c1-14(2,3)20-13(18)17-15(8-9-15)10-19-12-7-5-4-6-11(12)16/h4-7H,8-10H2,1-3H3,(H,17,18). The number of amides is 1. The molecular formula is C15H20BrNO3. The van der Waals surface area contributed by atoms with E-state index in [4.69, 9.17) is 9.47 Å². The van der Waals surface area contributed by atoms with Crippen LogP contribution in [0, 0.1) is 0 Å². The number of carbonyl (C=O) groups excluding carboxylic acids is 1. The van der Waals surface area contributed by atoms with Crippen molar-refractivity contribution in [2.75, 3.05) is 6.61 Å². The van der Waals surface area contributed by atoms with E-state index < -0.39 is 5.60 Å². The van der Waals surface area contributed by atoms with Crippen molar-refractivity contribution in [1.82, 2.24) is 5.32 Å². The van der Waals surface area contributed by atoms with Gasteiger partial charge in [0.2, 0.25) is 0 Å². The van der Waals surface area contributed by atoms with Gasteiger partial charge in [0.15, 0.2) is 0 Å². The molecule has 0 atom stereocenters. The Kier molecular flexibility index (Phi) is 4.28. The SMILES string of the molecule is CC(C)(C)OC(=O)NC1(COc2ccccc2Br)CC1. The molecule has 0 aromatic heterocycles. The lowest BCUT2D eigenvalue weighted by Crippen LogP contribution is -2.44. The molecule has 1 fully saturated rings. The number of hydrogen-bond donors (Lipinski definition) is 1. The van der Waals surface area contributed by atoms with E-state index in [1.165, 1.54) is 0 Å². The molecule has 0 saturated heterocycles. The van der Waals surface area contributed by atoms with E-state index in [2.05, 4.69) is 21.2 Å². The van der Waals surface area contributed by atoms with Crippen molar-refractivity contribution in [1.29, 1.82) is 0 Å². The second-order valence-electron chi connectivity index (χ2n) is 6.13. The van der Waals surface area contributed by atoms with Crippen molar-refractivity contribution in [3.8, 4) is 5.75 Å². The molecule has 4 nitrogen and oxygen atoms in total. The average molecular weight is 342 g/mol. The molecular weight excluding hydrogens is 322 g/mol. The topological polar surface area (TPSA) is 47.6 Å². The predicted octanol–water partition coefficient (Wildman–Crippen LogP) is 3.89. The number of para-hydroxylation sites is 1. The van der Waals surface area contributed by atoms with Gasteiger partial charge in [0.25, 0.3) is 0 Å². The monoisotopic (exact) mass is 341 g/mol. The largest absolute Gasteiger partial charge is 0.490 e. The van der Waals surface area contributed by atoms with Gasteiger partial charge in [0.05, 0.1) is 10.0 Å². The van der Waals surface area contributed by atoms with Gasteiger partial charge in [-0.25, -0.2) is 4.79 Å². The van der Waals surface area contributed by atoms with Crippen molar-refractivity contribution in [3.05, 3.63) is 28.7 Å². The van der Waals surface area contributed by atoms with Crippen LogP contribution in [0.15, 0.2) is 28.7 Å². The van der Waals surface area contributed by atoms with Gasteiger partial charge in [-0.15, -0.1) is 0 Å². The highest BCUT2D eigenvalue weighted by Crippen LogP contribution is 2.37. The predicted molar refractivity (Wildman–Crippen MR) is 81.0 cm³/mol. The molecule has 0 unspecified atom stereocenters. The van der Waals surface area contributed by atoms with Gasteiger partial charge >= 0.3 is 6.09 Å². The molecule has 1 aliphatic rings. The van der Waals surface area contributed by atoms with Crippen molar-refractivity contribution in [2.24, 2.45) is 0 Å². The summed E-state index contributed by atoms with van der Waals surface area (Å²) in [7, 11) is 0. The second-order valence-corrected chi connectivity index (χ2v) is 6.98. The number of halogens is 1. The summed E-state index contributed by atoms with van der Waals surface area (Å²) >= 11 is 3.44. The molecule has 110 valence electrons. The average Bonchev–Trinajstić information content (AvgIpc) is 3.05. The van der Waals surface area contributed by atoms with Crippen molar-refractivity contribution in [3.63, 3.8) is 0 Å². The fourth-order valence-corrected chi connectivity index (χ4v) is 2.15. The highest BCUT2D eigenvalue weighted by molar-refractivity contribution is 9.10. The van der Waals surface area contributed by atoms with Gasteiger partial charge in [-0.3, -0.25) is 0 Å². The molecule has 1 aliphatic carbocycles. The summed E-state index contributed by atoms with van der Waals surface area (Å²) in [5.41, 5.74) is -0.763. The Hall–Kier alpha value is -1.23. The number of hydrogen-bond acceptors (Lipinski definition) is 3. The van der Waals surface area contributed by atoms with Crippen LogP contribution in [-0.2, 0) is 4.74 Å². The summed E-state index contributed by atoms with van der Waals surface area (Å²) in [6.07, 6.45) is 1.44. The quantitative estimate of drug-likeness (QED) is 0.903. The molecule has 1 amide bonds. The maximum Gasteiger partial charge on any atom is 0.408 e. The smallest absolute Gasteiger partial charge is 0.408 e. The molecule has 1 saturated carbocycles. The van der Waals surface area contributed by atoms with E-state index in [-0.39, 0.29) is 11.6 Å². The number of alkyl carbamates (subject to hydrolysis) is 1. The van der Waals surface area contributed by atoms with E-state index in [9.17, 15) is 4.79 Å². The minimum Gasteiger partial charge on any atom is -0.490 e. The molecule has 0 heterocycles. The molecule has 5 heteroatoms. The number of benzene rings is 1. The third-order valence-corrected chi connectivity index (χ3v) is 3.62. The van der Waals surface area contributed by atoms with Gasteiger partial charge in [-0.05, 0) is 61.7 Å². The first-order chi connectivity index (χ1) is 9.30. The van der Waals surface area contributed by atoms with Gasteiger partial charge in [-0.2, -0.15) is 0 Å². The van der Waals surface area contributed by atoms with Crippen LogP contribution in [0.4, 0.5) is 4.79 Å². The Morgan fingerprint density at radius 1 is 1.35 bits per heavy atom. The lowest BCUT2D eigenvalue weighted by atomic mass is 10.2. The number of carbonyl (C=O) groups is 1. The van der Waals surface area contributed by atoms with E-state index >= 15 is 0 Å². The van der Waals surface area contributed by atoms with Crippen LogP contribution in [0.3, 0.4) is 0 Å². The van der Waals surface area contributed by atoms with Gasteiger partial charge in [-0.1, -0.05) is 12.1 Å². The van der Waals surface area contributed by atoms with Crippen LogP contribution in [0.5, 0.6) is 5.75 Å². The lowest BCUT2D eigenvalue weighted by molar-refractivity contribution is 0.0477.